The smallest absolute Gasteiger partial charge is 0.273 e. The molecular formula is C16H14Br2N2O3. The molecule has 0 aliphatic carbocycles. The standard InChI is InChI=1S/C16H14Br2N2O3/c1-23-14-7-6-13(18)8-11(14)9-19-20-16(22)15(21)10-2-4-12(17)5-3-10/h2-9,15,21H,1H3,(H,20,22). The highest BCUT2D eigenvalue weighted by molar-refractivity contribution is 9.10. The quantitative estimate of drug-likeness (QED) is 0.551. The van der Waals surface area contributed by atoms with Gasteiger partial charge in [0.2, 0.25) is 0 Å². The fourth-order valence-electron chi connectivity index (χ4n) is 1.83. The Bertz CT molecular complexity index is 718. The Morgan fingerprint density at radius 3 is 2.52 bits per heavy atom. The van der Waals surface area contributed by atoms with Crippen molar-refractivity contribution in [1.29, 1.82) is 0 Å². The van der Waals surface area contributed by atoms with Gasteiger partial charge in [0.1, 0.15) is 5.75 Å². The van der Waals surface area contributed by atoms with Crippen molar-refractivity contribution in [2.45, 2.75) is 6.10 Å². The molecule has 0 saturated carbocycles. The van der Waals surface area contributed by atoms with Crippen molar-refractivity contribution in [2.75, 3.05) is 7.11 Å². The van der Waals surface area contributed by atoms with Crippen LogP contribution in [-0.2, 0) is 4.79 Å². The molecule has 7 heteroatoms. The molecule has 1 atom stereocenters. The summed E-state index contributed by atoms with van der Waals surface area (Å²) in [6.45, 7) is 0. The number of benzene rings is 2. The van der Waals surface area contributed by atoms with Crippen LogP contribution in [0.4, 0.5) is 0 Å². The highest BCUT2D eigenvalue weighted by Gasteiger charge is 2.16. The Kier molecular flexibility index (Phi) is 6.32. The van der Waals surface area contributed by atoms with Crippen molar-refractivity contribution in [3.05, 3.63) is 62.5 Å². The predicted molar refractivity (Wildman–Crippen MR) is 95.5 cm³/mol. The Hall–Kier alpha value is -1.70. The number of nitrogens with one attached hydrogen (secondary N) is 1. The number of hydrogen-bond acceptors (Lipinski definition) is 4. The Morgan fingerprint density at radius 1 is 1.22 bits per heavy atom. The van der Waals surface area contributed by atoms with E-state index < -0.39 is 12.0 Å². The lowest BCUT2D eigenvalue weighted by molar-refractivity contribution is -0.129. The van der Waals surface area contributed by atoms with Gasteiger partial charge in [-0.25, -0.2) is 5.43 Å². The van der Waals surface area contributed by atoms with E-state index in [-0.39, 0.29) is 0 Å². The van der Waals surface area contributed by atoms with Crippen LogP contribution in [-0.4, -0.2) is 24.3 Å². The van der Waals surface area contributed by atoms with Crippen LogP contribution in [0, 0.1) is 0 Å². The number of carbonyl (C=O) groups is 1. The first kappa shape index (κ1) is 17.7. The Balaban J connectivity index is 2.03. The lowest BCUT2D eigenvalue weighted by atomic mass is 10.1. The predicted octanol–water partition coefficient (Wildman–Crippen LogP) is 3.40. The SMILES string of the molecule is COc1ccc(Br)cc1C=NNC(=O)C(O)c1ccc(Br)cc1. The van der Waals surface area contributed by atoms with Crippen molar-refractivity contribution in [1.82, 2.24) is 5.43 Å². The molecule has 0 bridgehead atoms. The minimum absolute atomic E-state index is 0.487. The van der Waals surface area contributed by atoms with E-state index in [1.165, 1.54) is 6.21 Å². The number of nitrogens with zero attached hydrogens (tertiary/aromatic N) is 1. The van der Waals surface area contributed by atoms with Gasteiger partial charge in [-0.05, 0) is 35.9 Å². The summed E-state index contributed by atoms with van der Waals surface area (Å²) < 4.78 is 6.94. The maximum Gasteiger partial charge on any atom is 0.273 e. The van der Waals surface area contributed by atoms with E-state index >= 15 is 0 Å². The summed E-state index contributed by atoms with van der Waals surface area (Å²) >= 11 is 6.65. The number of aliphatic hydroxyl groups is 1. The summed E-state index contributed by atoms with van der Waals surface area (Å²) in [7, 11) is 1.55. The third-order valence-electron chi connectivity index (χ3n) is 3.00. The van der Waals surface area contributed by atoms with Crippen LogP contribution < -0.4 is 10.2 Å². The van der Waals surface area contributed by atoms with Gasteiger partial charge in [0, 0.05) is 14.5 Å². The van der Waals surface area contributed by atoms with Gasteiger partial charge in [0.15, 0.2) is 6.10 Å². The molecule has 0 spiro atoms. The summed E-state index contributed by atoms with van der Waals surface area (Å²) in [5, 5.41) is 13.8. The molecule has 1 amide bonds. The molecule has 0 saturated heterocycles. The van der Waals surface area contributed by atoms with Gasteiger partial charge in [-0.1, -0.05) is 44.0 Å². The molecule has 0 radical (unpaired) electrons. The number of hydrazone groups is 1. The third kappa shape index (κ3) is 4.89. The molecule has 120 valence electrons. The molecule has 0 aromatic heterocycles. The molecule has 2 aromatic rings. The number of hydrogen-bond donors (Lipinski definition) is 2. The zero-order valence-electron chi connectivity index (χ0n) is 12.2. The summed E-state index contributed by atoms with van der Waals surface area (Å²) in [5.74, 6) is 0.0113. The van der Waals surface area contributed by atoms with Gasteiger partial charge >= 0.3 is 0 Å². The van der Waals surface area contributed by atoms with Gasteiger partial charge < -0.3 is 9.84 Å². The van der Waals surface area contributed by atoms with Crippen molar-refractivity contribution in [3.63, 3.8) is 0 Å². The zero-order chi connectivity index (χ0) is 16.8. The molecule has 23 heavy (non-hydrogen) atoms. The average molecular weight is 442 g/mol. The molecular weight excluding hydrogens is 428 g/mol. The largest absolute Gasteiger partial charge is 0.496 e. The van der Waals surface area contributed by atoms with E-state index in [9.17, 15) is 9.90 Å². The average Bonchev–Trinajstić information content (AvgIpc) is 2.55. The first-order valence-electron chi connectivity index (χ1n) is 6.61. The van der Waals surface area contributed by atoms with E-state index in [2.05, 4.69) is 42.4 Å². The second-order valence-corrected chi connectivity index (χ2v) is 6.41. The maximum absolute atomic E-state index is 11.9. The van der Waals surface area contributed by atoms with Gasteiger partial charge in [-0.15, -0.1) is 0 Å². The van der Waals surface area contributed by atoms with E-state index in [4.69, 9.17) is 4.74 Å². The van der Waals surface area contributed by atoms with Crippen molar-refractivity contribution in [3.8, 4) is 5.75 Å². The fraction of sp³-hybridized carbons (Fsp3) is 0.125. The monoisotopic (exact) mass is 440 g/mol. The van der Waals surface area contributed by atoms with E-state index in [1.807, 2.05) is 6.07 Å². The summed E-state index contributed by atoms with van der Waals surface area (Å²) in [4.78, 5) is 11.9. The molecule has 1 unspecified atom stereocenters. The number of aliphatic hydroxyl groups excluding tert-OH is 1. The van der Waals surface area contributed by atoms with Crippen molar-refractivity contribution in [2.24, 2.45) is 5.10 Å². The van der Waals surface area contributed by atoms with Crippen molar-refractivity contribution >= 4 is 44.0 Å². The summed E-state index contributed by atoms with van der Waals surface area (Å²) in [5.41, 5.74) is 3.49. The first-order chi connectivity index (χ1) is 11.0. The molecule has 5 nitrogen and oxygen atoms in total. The fourth-order valence-corrected chi connectivity index (χ4v) is 2.47. The molecule has 0 aliphatic rings. The first-order valence-corrected chi connectivity index (χ1v) is 8.20. The molecule has 0 fully saturated rings. The van der Waals surface area contributed by atoms with Gasteiger partial charge in [-0.2, -0.15) is 5.10 Å². The Morgan fingerprint density at radius 2 is 1.87 bits per heavy atom. The second-order valence-electron chi connectivity index (χ2n) is 4.57. The number of amides is 1. The number of methoxy groups -OCH3 is 1. The highest BCUT2D eigenvalue weighted by Crippen LogP contribution is 2.21. The maximum atomic E-state index is 11.9. The van der Waals surface area contributed by atoms with Gasteiger partial charge in [-0.3, -0.25) is 4.79 Å². The minimum Gasteiger partial charge on any atom is -0.496 e. The summed E-state index contributed by atoms with van der Waals surface area (Å²) in [6.07, 6.45) is 0.167. The number of carbonyl (C=O) groups excluding carboxylic acids is 1. The number of ether oxygens (including phenoxy) is 1. The van der Waals surface area contributed by atoms with Crippen LogP contribution in [0.5, 0.6) is 5.75 Å². The molecule has 2 rings (SSSR count). The topological polar surface area (TPSA) is 70.9 Å². The molecule has 0 aliphatic heterocycles. The lowest BCUT2D eigenvalue weighted by Crippen LogP contribution is -2.25. The number of halogens is 2. The highest BCUT2D eigenvalue weighted by atomic mass is 79.9. The minimum atomic E-state index is -1.29. The van der Waals surface area contributed by atoms with Crippen LogP contribution in [0.25, 0.3) is 0 Å². The second kappa shape index (κ2) is 8.24. The molecule has 2 N–H and O–H groups in total. The third-order valence-corrected chi connectivity index (χ3v) is 4.03. The van der Waals surface area contributed by atoms with Crippen LogP contribution in [0.15, 0.2) is 56.5 Å². The summed E-state index contributed by atoms with van der Waals surface area (Å²) in [6, 6.07) is 12.3. The lowest BCUT2D eigenvalue weighted by Gasteiger charge is -2.09. The number of rotatable bonds is 5. The van der Waals surface area contributed by atoms with Crippen LogP contribution >= 0.6 is 31.9 Å². The van der Waals surface area contributed by atoms with Gasteiger partial charge in [0.05, 0.1) is 13.3 Å². The van der Waals surface area contributed by atoms with E-state index in [0.29, 0.717) is 16.9 Å². The molecule has 0 heterocycles. The van der Waals surface area contributed by atoms with E-state index in [0.717, 1.165) is 8.95 Å². The zero-order valence-corrected chi connectivity index (χ0v) is 15.3. The van der Waals surface area contributed by atoms with Crippen LogP contribution in [0.3, 0.4) is 0 Å². The van der Waals surface area contributed by atoms with Crippen LogP contribution in [0.1, 0.15) is 17.2 Å². The normalized spacial score (nSPS) is 12.2. The van der Waals surface area contributed by atoms with Gasteiger partial charge in [0.25, 0.3) is 5.91 Å². The van der Waals surface area contributed by atoms with Crippen LogP contribution in [0.2, 0.25) is 0 Å². The molecule has 2 aromatic carbocycles. The Labute approximate surface area is 150 Å². The van der Waals surface area contributed by atoms with Crippen molar-refractivity contribution < 1.29 is 14.6 Å². The van der Waals surface area contributed by atoms with E-state index in [1.54, 1.807) is 43.5 Å².